The van der Waals surface area contributed by atoms with Crippen molar-refractivity contribution in [1.82, 2.24) is 19.7 Å². The molecule has 66 valence electrons. The maximum atomic E-state index is 4.07. The molecule has 0 N–H and O–H groups in total. The van der Waals surface area contributed by atoms with Crippen LogP contribution in [0.2, 0.25) is 0 Å². The molecule has 2 heterocycles. The fourth-order valence-electron chi connectivity index (χ4n) is 1.07. The molecule has 0 saturated heterocycles. The van der Waals surface area contributed by atoms with Crippen molar-refractivity contribution in [2.24, 2.45) is 7.05 Å². The van der Waals surface area contributed by atoms with Gasteiger partial charge in [-0.1, -0.05) is 0 Å². The van der Waals surface area contributed by atoms with Crippen LogP contribution in [-0.4, -0.2) is 19.7 Å². The minimum atomic E-state index is 0.788. The molecular formula is C8H7BrN4. The zero-order valence-corrected chi connectivity index (χ0v) is 8.56. The van der Waals surface area contributed by atoms with Crippen LogP contribution in [0, 0.1) is 0 Å². The second kappa shape index (κ2) is 3.26. The van der Waals surface area contributed by atoms with Crippen molar-refractivity contribution in [2.45, 2.75) is 0 Å². The van der Waals surface area contributed by atoms with Crippen molar-refractivity contribution in [2.75, 3.05) is 0 Å². The zero-order valence-electron chi connectivity index (χ0n) is 6.98. The summed E-state index contributed by atoms with van der Waals surface area (Å²) in [6.07, 6.45) is 6.96. The molecule has 0 radical (unpaired) electrons. The van der Waals surface area contributed by atoms with Crippen molar-refractivity contribution in [1.29, 1.82) is 0 Å². The van der Waals surface area contributed by atoms with Crippen LogP contribution in [0.1, 0.15) is 0 Å². The summed E-state index contributed by atoms with van der Waals surface area (Å²) in [4.78, 5) is 7.99. The third kappa shape index (κ3) is 1.60. The van der Waals surface area contributed by atoms with E-state index in [-0.39, 0.29) is 0 Å². The van der Waals surface area contributed by atoms with Crippen molar-refractivity contribution in [3.8, 4) is 11.1 Å². The molecule has 0 unspecified atom stereocenters. The van der Waals surface area contributed by atoms with Crippen LogP contribution in [-0.2, 0) is 7.05 Å². The summed E-state index contributed by atoms with van der Waals surface area (Å²) in [6.45, 7) is 0. The van der Waals surface area contributed by atoms with Gasteiger partial charge in [-0.15, -0.1) is 0 Å². The maximum Gasteiger partial charge on any atom is 0.117 e. The molecule has 4 nitrogen and oxygen atoms in total. The number of nitrogens with zero attached hydrogens (tertiary/aromatic N) is 4. The first-order valence-corrected chi connectivity index (χ1v) is 4.51. The van der Waals surface area contributed by atoms with Gasteiger partial charge < -0.3 is 0 Å². The number of rotatable bonds is 1. The van der Waals surface area contributed by atoms with Gasteiger partial charge in [0.05, 0.1) is 6.20 Å². The van der Waals surface area contributed by atoms with E-state index >= 15 is 0 Å². The minimum Gasteiger partial charge on any atom is -0.275 e. The van der Waals surface area contributed by atoms with E-state index in [1.807, 2.05) is 13.2 Å². The second-order valence-electron chi connectivity index (χ2n) is 2.63. The largest absolute Gasteiger partial charge is 0.275 e. The van der Waals surface area contributed by atoms with Crippen molar-refractivity contribution < 1.29 is 0 Å². The van der Waals surface area contributed by atoms with Gasteiger partial charge in [-0.05, 0) is 15.9 Å². The summed E-state index contributed by atoms with van der Waals surface area (Å²) in [5.74, 6) is 0. The van der Waals surface area contributed by atoms with E-state index in [1.54, 1.807) is 17.1 Å². The van der Waals surface area contributed by atoms with Crippen LogP contribution in [0.4, 0.5) is 0 Å². The van der Waals surface area contributed by atoms with E-state index in [4.69, 9.17) is 0 Å². The smallest absolute Gasteiger partial charge is 0.117 e. The van der Waals surface area contributed by atoms with Crippen LogP contribution in [0.25, 0.3) is 11.1 Å². The molecule has 2 rings (SSSR count). The van der Waals surface area contributed by atoms with Gasteiger partial charge in [-0.3, -0.25) is 4.68 Å². The third-order valence-electron chi connectivity index (χ3n) is 1.68. The Kier molecular flexibility index (Phi) is 2.10. The van der Waals surface area contributed by atoms with Gasteiger partial charge in [0.1, 0.15) is 10.9 Å². The topological polar surface area (TPSA) is 43.6 Å². The lowest BCUT2D eigenvalue weighted by Crippen LogP contribution is -1.85. The maximum absolute atomic E-state index is 4.07. The van der Waals surface area contributed by atoms with Crippen LogP contribution in [0.5, 0.6) is 0 Å². The van der Waals surface area contributed by atoms with Gasteiger partial charge in [-0.2, -0.15) is 5.10 Å². The van der Waals surface area contributed by atoms with Crippen molar-refractivity contribution in [3.05, 3.63) is 29.5 Å². The molecule has 0 atom stereocenters. The molecule has 0 aliphatic carbocycles. The molecule has 0 aliphatic rings. The Hall–Kier alpha value is -1.23. The van der Waals surface area contributed by atoms with E-state index < -0.39 is 0 Å². The molecule has 0 aliphatic heterocycles. The first-order valence-electron chi connectivity index (χ1n) is 3.72. The molecule has 2 aromatic rings. The SMILES string of the molecule is Cn1cc(-c2cncnc2Br)cn1. The number of hydrogen-bond donors (Lipinski definition) is 0. The lowest BCUT2D eigenvalue weighted by atomic mass is 10.2. The molecular weight excluding hydrogens is 232 g/mol. The van der Waals surface area contributed by atoms with Crippen LogP contribution in [0.15, 0.2) is 29.5 Å². The third-order valence-corrected chi connectivity index (χ3v) is 2.31. The normalized spacial score (nSPS) is 10.3. The highest BCUT2D eigenvalue weighted by atomic mass is 79.9. The van der Waals surface area contributed by atoms with E-state index in [0.717, 1.165) is 15.7 Å². The van der Waals surface area contributed by atoms with E-state index in [9.17, 15) is 0 Å². The fourth-order valence-corrected chi connectivity index (χ4v) is 1.49. The molecule has 13 heavy (non-hydrogen) atoms. The highest BCUT2D eigenvalue weighted by Gasteiger charge is 2.04. The minimum absolute atomic E-state index is 0.788. The van der Waals surface area contributed by atoms with E-state index in [1.165, 1.54) is 6.33 Å². The fraction of sp³-hybridized carbons (Fsp3) is 0.125. The van der Waals surface area contributed by atoms with Gasteiger partial charge in [0.15, 0.2) is 0 Å². The summed E-state index contributed by atoms with van der Waals surface area (Å²) < 4.78 is 2.53. The Morgan fingerprint density at radius 1 is 1.38 bits per heavy atom. The molecule has 0 saturated carbocycles. The van der Waals surface area contributed by atoms with Crippen molar-refractivity contribution >= 4 is 15.9 Å². The molecule has 0 amide bonds. The van der Waals surface area contributed by atoms with Crippen molar-refractivity contribution in [3.63, 3.8) is 0 Å². The van der Waals surface area contributed by atoms with E-state index in [0.29, 0.717) is 0 Å². The molecule has 5 heteroatoms. The molecule has 2 aromatic heterocycles. The van der Waals surface area contributed by atoms with E-state index in [2.05, 4.69) is 31.0 Å². The van der Waals surface area contributed by atoms with Gasteiger partial charge in [-0.25, -0.2) is 9.97 Å². The molecule has 0 fully saturated rings. The summed E-state index contributed by atoms with van der Waals surface area (Å²) in [5.41, 5.74) is 1.96. The molecule has 0 bridgehead atoms. The Balaban J connectivity index is 2.52. The first kappa shape index (κ1) is 8.37. The highest BCUT2D eigenvalue weighted by Crippen LogP contribution is 2.23. The van der Waals surface area contributed by atoms with Gasteiger partial charge >= 0.3 is 0 Å². The number of hydrogen-bond acceptors (Lipinski definition) is 3. The quantitative estimate of drug-likeness (QED) is 0.710. The Morgan fingerprint density at radius 2 is 2.23 bits per heavy atom. The highest BCUT2D eigenvalue weighted by molar-refractivity contribution is 9.10. The predicted molar refractivity (Wildman–Crippen MR) is 51.9 cm³/mol. The number of aryl methyl sites for hydroxylation is 1. The first-order chi connectivity index (χ1) is 6.27. The average Bonchev–Trinajstić information content (AvgIpc) is 2.53. The Bertz CT molecular complexity index is 424. The summed E-state index contributed by atoms with van der Waals surface area (Å²) in [6, 6.07) is 0. The Morgan fingerprint density at radius 3 is 2.85 bits per heavy atom. The second-order valence-corrected chi connectivity index (χ2v) is 3.38. The summed E-state index contributed by atoms with van der Waals surface area (Å²) >= 11 is 3.35. The number of aromatic nitrogens is 4. The van der Waals surface area contributed by atoms with Crippen LogP contribution >= 0.6 is 15.9 Å². The standard InChI is InChI=1S/C8H7BrN4/c1-13-4-6(2-12-13)7-3-10-5-11-8(7)9/h2-5H,1H3. The van der Waals surface area contributed by atoms with Gasteiger partial charge in [0.25, 0.3) is 0 Å². The Labute approximate surface area is 83.8 Å². The average molecular weight is 239 g/mol. The molecule has 0 spiro atoms. The lowest BCUT2D eigenvalue weighted by molar-refractivity contribution is 0.768. The number of halogens is 1. The summed E-state index contributed by atoms with van der Waals surface area (Å²) in [5, 5.41) is 4.07. The van der Waals surface area contributed by atoms with Gasteiger partial charge in [0, 0.05) is 30.6 Å². The monoisotopic (exact) mass is 238 g/mol. The lowest BCUT2D eigenvalue weighted by Gasteiger charge is -1.97. The van der Waals surface area contributed by atoms with Crippen LogP contribution in [0.3, 0.4) is 0 Å². The predicted octanol–water partition coefficient (Wildman–Crippen LogP) is 1.64. The summed E-state index contributed by atoms with van der Waals surface area (Å²) in [7, 11) is 1.88. The molecule has 0 aromatic carbocycles. The zero-order chi connectivity index (χ0) is 9.26. The van der Waals surface area contributed by atoms with Crippen LogP contribution < -0.4 is 0 Å². The van der Waals surface area contributed by atoms with Gasteiger partial charge in [0.2, 0.25) is 0 Å².